The molecule has 0 aromatic rings. The third kappa shape index (κ3) is 34.2. The van der Waals surface area contributed by atoms with Crippen LogP contribution in [0.3, 0.4) is 0 Å². The number of unbranched alkanes of at least 4 members (excludes halogenated alkanes) is 9. The minimum Gasteiger partial charge on any atom is -0.376 e. The van der Waals surface area contributed by atoms with Crippen LogP contribution in [-0.4, -0.2) is 84.1 Å². The van der Waals surface area contributed by atoms with Crippen molar-refractivity contribution in [3.05, 3.63) is 0 Å². The summed E-state index contributed by atoms with van der Waals surface area (Å²) in [4.78, 5) is 16.2. The Morgan fingerprint density at radius 1 is 0.900 bits per heavy atom. The Balaban J connectivity index is -0.00000153. The van der Waals surface area contributed by atoms with Crippen molar-refractivity contribution in [2.24, 2.45) is 0 Å². The van der Waals surface area contributed by atoms with E-state index in [2.05, 4.69) is 30.4 Å². The highest BCUT2D eigenvalue weighted by Gasteiger charge is 2.30. The monoisotopic (exact) mass is 608 g/mol. The Morgan fingerprint density at radius 2 is 1.43 bits per heavy atom. The van der Waals surface area contributed by atoms with Crippen molar-refractivity contribution in [1.82, 2.24) is 10.8 Å². The van der Waals surface area contributed by atoms with Gasteiger partial charge >= 0.3 is 0 Å². The molecule has 2 N–H and O–H groups in total. The fourth-order valence-electron chi connectivity index (χ4n) is 3.67. The van der Waals surface area contributed by atoms with Crippen molar-refractivity contribution >= 4 is 35.3 Å². The number of rotatable bonds is 23. The third-order valence-electron chi connectivity index (χ3n) is 5.68. The van der Waals surface area contributed by atoms with E-state index in [9.17, 15) is 4.79 Å². The molecule has 0 saturated carbocycles. The van der Waals surface area contributed by atoms with Gasteiger partial charge in [0.15, 0.2) is 0 Å². The van der Waals surface area contributed by atoms with Crippen LogP contribution in [0.4, 0.5) is 0 Å². The molecule has 0 bridgehead atoms. The van der Waals surface area contributed by atoms with Gasteiger partial charge in [-0.2, -0.15) is 0 Å². The molecule has 0 spiro atoms. The predicted molar refractivity (Wildman–Crippen MR) is 179 cm³/mol. The lowest BCUT2D eigenvalue weighted by Crippen LogP contribution is -2.33. The molecule has 1 amide bonds. The molecule has 0 aliphatic carbocycles. The Labute approximate surface area is 258 Å². The number of carbonyl (C=O) groups excluding carboxylic acids is 1. The lowest BCUT2D eigenvalue weighted by Gasteiger charge is -2.21. The number of hydrogen-bond acceptors (Lipinski definition) is 8. The standard InChI is InChI=1S/C25H49NO4S2.C2H7NO.C2H6.CH3B/c1-4-5-6-7-8-9-10-11-12-13-18-31-32-19-15-25(27)26-16-14-17-29-23-20-28-21-24(23)30-22(2)3;1-3-4-2;2*1-2/h22-24H,4-21H2,1-3H3,(H,26,27);3H,1-2H3;1-2H3;1H3. The van der Waals surface area contributed by atoms with Gasteiger partial charge in [-0.25, -0.2) is 5.48 Å². The molecule has 10 heteroatoms. The average molecular weight is 609 g/mol. The average Bonchev–Trinajstić information content (AvgIpc) is 3.41. The number of hydrogen-bond donors (Lipinski definition) is 2. The lowest BCUT2D eigenvalue weighted by molar-refractivity contribution is -0.120. The smallest absolute Gasteiger partial charge is 0.220 e. The summed E-state index contributed by atoms with van der Waals surface area (Å²) in [6.07, 6.45) is 15.5. The number of amides is 1. The second-order valence-electron chi connectivity index (χ2n) is 9.36. The van der Waals surface area contributed by atoms with Gasteiger partial charge in [0.25, 0.3) is 0 Å². The van der Waals surface area contributed by atoms with Gasteiger partial charge in [0.1, 0.15) is 12.2 Å². The molecule has 2 unspecified atom stereocenters. The summed E-state index contributed by atoms with van der Waals surface area (Å²) in [5, 5.41) is 2.99. The van der Waals surface area contributed by atoms with Crippen molar-refractivity contribution < 1.29 is 23.8 Å². The Bertz CT molecular complexity index is 481. The molecular weight excluding hydrogens is 543 g/mol. The zero-order valence-corrected chi connectivity index (χ0v) is 29.0. The van der Waals surface area contributed by atoms with E-state index in [4.69, 9.17) is 14.2 Å². The topological polar surface area (TPSA) is 78.1 Å². The first-order valence-corrected chi connectivity index (χ1v) is 18.2. The highest BCUT2D eigenvalue weighted by atomic mass is 33.1. The summed E-state index contributed by atoms with van der Waals surface area (Å²) in [6.45, 7) is 14.3. The van der Waals surface area contributed by atoms with Gasteiger partial charge in [-0.15, -0.1) is 0 Å². The second-order valence-corrected chi connectivity index (χ2v) is 12.1. The Hall–Kier alpha value is 0.0349. The maximum atomic E-state index is 11.9. The summed E-state index contributed by atoms with van der Waals surface area (Å²) < 4.78 is 17.1. The zero-order chi connectivity index (χ0) is 30.7. The van der Waals surface area contributed by atoms with Crippen LogP contribution in [0.2, 0.25) is 6.82 Å². The Morgan fingerprint density at radius 3 is 1.98 bits per heavy atom. The summed E-state index contributed by atoms with van der Waals surface area (Å²) in [7, 11) is 11.5. The largest absolute Gasteiger partial charge is 0.376 e. The molecule has 1 aliphatic rings. The first-order chi connectivity index (χ1) is 19.5. The third-order valence-corrected chi connectivity index (χ3v) is 8.18. The maximum Gasteiger partial charge on any atom is 0.220 e. The van der Waals surface area contributed by atoms with E-state index < -0.39 is 0 Å². The van der Waals surface area contributed by atoms with Crippen molar-refractivity contribution in [3.8, 4) is 0 Å². The van der Waals surface area contributed by atoms with Crippen LogP contribution in [0.1, 0.15) is 112 Å². The van der Waals surface area contributed by atoms with Crippen LogP contribution in [0, 0.1) is 0 Å². The molecule has 1 heterocycles. The van der Waals surface area contributed by atoms with E-state index in [1.54, 1.807) is 14.2 Å². The van der Waals surface area contributed by atoms with Gasteiger partial charge < -0.3 is 24.4 Å². The van der Waals surface area contributed by atoms with Crippen LogP contribution in [0.15, 0.2) is 0 Å². The second kappa shape index (κ2) is 39.0. The SMILES string of the molecule is CC.CCCCCCCCCCCCSSCCC(=O)NCCCOC1COCC1OC(C)C.CNOC.[B]C. The molecule has 240 valence electrons. The van der Waals surface area contributed by atoms with Gasteiger partial charge in [-0.3, -0.25) is 4.79 Å². The number of hydroxylamine groups is 1. The molecule has 2 atom stereocenters. The fourth-order valence-corrected chi connectivity index (χ4v) is 5.81. The Kier molecular flexibility index (Phi) is 43.4. The van der Waals surface area contributed by atoms with Crippen molar-refractivity contribution in [3.63, 3.8) is 0 Å². The first kappa shape index (κ1) is 44.5. The molecule has 40 heavy (non-hydrogen) atoms. The number of carbonyl (C=O) groups is 1. The van der Waals surface area contributed by atoms with Crippen LogP contribution >= 0.6 is 21.6 Å². The fraction of sp³-hybridized carbons (Fsp3) is 0.967. The molecule has 1 fully saturated rings. The van der Waals surface area contributed by atoms with Crippen molar-refractivity contribution in [1.29, 1.82) is 0 Å². The highest BCUT2D eigenvalue weighted by Crippen LogP contribution is 2.24. The molecular formula is C30H65BN2O5S2. The van der Waals surface area contributed by atoms with E-state index >= 15 is 0 Å². The predicted octanol–water partition coefficient (Wildman–Crippen LogP) is 7.39. The number of nitrogens with one attached hydrogen (secondary N) is 2. The van der Waals surface area contributed by atoms with Gasteiger partial charge in [0, 0.05) is 38.1 Å². The summed E-state index contributed by atoms with van der Waals surface area (Å²) in [5.74, 6) is 2.23. The van der Waals surface area contributed by atoms with Crippen molar-refractivity contribution in [2.75, 3.05) is 52.0 Å². The lowest BCUT2D eigenvalue weighted by atomic mass is 10.1. The van der Waals surface area contributed by atoms with Gasteiger partial charge in [0.05, 0.1) is 34.3 Å². The summed E-state index contributed by atoms with van der Waals surface area (Å²) >= 11 is 0. The van der Waals surface area contributed by atoms with E-state index in [0.29, 0.717) is 32.8 Å². The normalized spacial score (nSPS) is 15.8. The van der Waals surface area contributed by atoms with E-state index in [-0.39, 0.29) is 24.2 Å². The van der Waals surface area contributed by atoms with Crippen LogP contribution in [0.5, 0.6) is 0 Å². The number of ether oxygens (including phenoxy) is 3. The molecule has 0 aromatic carbocycles. The molecule has 7 nitrogen and oxygen atoms in total. The maximum absolute atomic E-state index is 11.9. The first-order valence-electron chi connectivity index (χ1n) is 15.7. The van der Waals surface area contributed by atoms with Gasteiger partial charge in [-0.05, 0) is 26.7 Å². The molecule has 2 radical (unpaired) electrons. The zero-order valence-electron chi connectivity index (χ0n) is 27.4. The van der Waals surface area contributed by atoms with Crippen LogP contribution < -0.4 is 10.8 Å². The highest BCUT2D eigenvalue weighted by molar-refractivity contribution is 8.76. The quantitative estimate of drug-likeness (QED) is 0.0538. The summed E-state index contributed by atoms with van der Waals surface area (Å²) in [5.41, 5.74) is 2.43. The van der Waals surface area contributed by atoms with Crippen LogP contribution in [0.25, 0.3) is 0 Å². The van der Waals surface area contributed by atoms with Gasteiger partial charge in [0.2, 0.25) is 5.91 Å². The minimum absolute atomic E-state index is 0.0112. The molecule has 0 aromatic heterocycles. The van der Waals surface area contributed by atoms with E-state index in [1.807, 2.05) is 49.3 Å². The molecule has 1 aliphatic heterocycles. The van der Waals surface area contributed by atoms with E-state index in [0.717, 1.165) is 12.2 Å². The van der Waals surface area contributed by atoms with Crippen molar-refractivity contribution in [2.45, 2.75) is 137 Å². The summed E-state index contributed by atoms with van der Waals surface area (Å²) in [6, 6.07) is 0. The van der Waals surface area contributed by atoms with Gasteiger partial charge in [-0.1, -0.05) is 107 Å². The van der Waals surface area contributed by atoms with Crippen LogP contribution in [-0.2, 0) is 23.8 Å². The minimum atomic E-state index is 0.0112. The molecule has 1 saturated heterocycles. The van der Waals surface area contributed by atoms with E-state index in [1.165, 1.54) is 76.8 Å². The molecule has 1 rings (SSSR count).